The van der Waals surface area contributed by atoms with Crippen LogP contribution in [0.25, 0.3) is 0 Å². The van der Waals surface area contributed by atoms with Gasteiger partial charge in [-0.1, -0.05) is 0 Å². The third-order valence-corrected chi connectivity index (χ3v) is 0.982. The van der Waals surface area contributed by atoms with Crippen molar-refractivity contribution in [2.75, 3.05) is 20.6 Å². The van der Waals surface area contributed by atoms with Gasteiger partial charge in [-0.2, -0.15) is 0 Å². The largest absolute Gasteiger partial charge is 0.506 e. The van der Waals surface area contributed by atoms with E-state index in [1.807, 2.05) is 0 Å². The Bertz CT molecular complexity index is 134. The summed E-state index contributed by atoms with van der Waals surface area (Å²) in [4.78, 5) is 1.44. The van der Waals surface area contributed by atoms with Gasteiger partial charge in [-0.15, -0.1) is 12.1 Å². The second-order valence-electron chi connectivity index (χ2n) is 2.47. The van der Waals surface area contributed by atoms with Crippen LogP contribution in [0.1, 0.15) is 0 Å². The van der Waals surface area contributed by atoms with Crippen molar-refractivity contribution < 1.29 is 12.9 Å². The first-order chi connectivity index (χ1) is 4.34. The van der Waals surface area contributed by atoms with Gasteiger partial charge >= 0.3 is 6.98 Å². The van der Waals surface area contributed by atoms with Crippen molar-refractivity contribution in [1.29, 1.82) is 0 Å². The molecular weight excluding hydrogens is 181 g/mol. The monoisotopic (exact) mass is 191 g/mol. The van der Waals surface area contributed by atoms with Crippen LogP contribution >= 0.6 is 0 Å². The first-order valence-corrected chi connectivity index (χ1v) is 2.86. The molecule has 0 saturated heterocycles. The average molecular weight is 191 g/mol. The Balaban J connectivity index is 0. The van der Waals surface area contributed by atoms with Gasteiger partial charge in [0.25, 0.3) is 0 Å². The fourth-order valence-electron chi connectivity index (χ4n) is 0.510. The van der Waals surface area contributed by atoms with E-state index in [2.05, 4.69) is 6.58 Å². The Morgan fingerprint density at radius 3 is 1.82 bits per heavy atom. The summed E-state index contributed by atoms with van der Waals surface area (Å²) in [6.07, 6.45) is 0. The van der Waals surface area contributed by atoms with E-state index in [0.717, 1.165) is 0 Å². The van der Waals surface area contributed by atoms with E-state index in [1.54, 1.807) is 14.1 Å². The fourth-order valence-corrected chi connectivity index (χ4v) is 0.510. The number of nitrogens with zero attached hydrogens (tertiary/aromatic N) is 1. The summed E-state index contributed by atoms with van der Waals surface area (Å²) in [5, 5.41) is 0. The maximum absolute atomic E-state index is 11.7. The molecule has 6 heteroatoms. The molecule has 0 aromatic heterocycles. The summed E-state index contributed by atoms with van der Waals surface area (Å²) >= 11 is 0. The average Bonchev–Trinajstić information content (AvgIpc) is 1.60. The van der Waals surface area contributed by atoms with E-state index in [4.69, 9.17) is 0 Å². The van der Waals surface area contributed by atoms with E-state index >= 15 is 0 Å². The smallest absolute Gasteiger partial charge is 0.445 e. The van der Waals surface area contributed by atoms with Gasteiger partial charge in [0, 0.05) is 51.4 Å². The van der Waals surface area contributed by atoms with Gasteiger partial charge in [0.15, 0.2) is 0 Å². The van der Waals surface area contributed by atoms with Crippen molar-refractivity contribution in [3.05, 3.63) is 12.1 Å². The van der Waals surface area contributed by atoms with Gasteiger partial charge in [0.05, 0.1) is 0 Å². The molecular formula is C5H10BF3KN-. The van der Waals surface area contributed by atoms with E-state index in [9.17, 15) is 12.9 Å². The number of halogens is 3. The minimum absolute atomic E-state index is 0. The van der Waals surface area contributed by atoms with Gasteiger partial charge in [0.2, 0.25) is 0 Å². The van der Waals surface area contributed by atoms with Gasteiger partial charge in [-0.25, -0.2) is 0 Å². The normalized spacial score (nSPS) is 11.1. The van der Waals surface area contributed by atoms with Gasteiger partial charge in [-0.3, -0.25) is 0 Å². The van der Waals surface area contributed by atoms with Crippen LogP contribution in [0.2, 0.25) is 0 Å². The van der Waals surface area contributed by atoms with Crippen LogP contribution in [0.5, 0.6) is 0 Å². The summed E-state index contributed by atoms with van der Waals surface area (Å²) in [6, 6.07) is 0. The maximum Gasteiger partial charge on any atom is 0.506 e. The molecule has 0 rings (SSSR count). The van der Waals surface area contributed by atoms with Crippen molar-refractivity contribution in [2.45, 2.75) is 0 Å². The Morgan fingerprint density at radius 2 is 1.73 bits per heavy atom. The zero-order chi connectivity index (χ0) is 8.36. The van der Waals surface area contributed by atoms with Gasteiger partial charge < -0.3 is 17.8 Å². The molecule has 0 aliphatic rings. The summed E-state index contributed by atoms with van der Waals surface area (Å²) < 4.78 is 35.2. The molecule has 1 nitrogen and oxygen atoms in total. The molecule has 0 amide bonds. The third-order valence-electron chi connectivity index (χ3n) is 0.982. The molecule has 0 bridgehead atoms. The quantitative estimate of drug-likeness (QED) is 0.604. The Hall–Kier alpha value is 1.19. The maximum atomic E-state index is 11.7. The van der Waals surface area contributed by atoms with Crippen molar-refractivity contribution >= 4 is 58.4 Å². The molecule has 0 spiro atoms. The van der Waals surface area contributed by atoms with Crippen LogP contribution in [-0.2, 0) is 0 Å². The standard InChI is InChI=1S/C5H10BF3N.K/c1-5(4-10(2)3)6(7,8)9;/h1,4H2,2-3H3;/q-1;. The molecule has 0 unspecified atom stereocenters. The Kier molecular flexibility index (Phi) is 7.71. The van der Waals surface area contributed by atoms with Crippen LogP contribution in [0.15, 0.2) is 12.1 Å². The zero-order valence-electron chi connectivity index (χ0n) is 7.07. The van der Waals surface area contributed by atoms with E-state index < -0.39 is 12.4 Å². The molecule has 0 atom stereocenters. The summed E-state index contributed by atoms with van der Waals surface area (Å²) in [5.41, 5.74) is -0.648. The molecule has 0 heterocycles. The van der Waals surface area contributed by atoms with Crippen LogP contribution in [0.3, 0.4) is 0 Å². The van der Waals surface area contributed by atoms with Gasteiger partial charge in [-0.05, 0) is 20.6 Å². The first-order valence-electron chi connectivity index (χ1n) is 2.86. The van der Waals surface area contributed by atoms with E-state index in [1.165, 1.54) is 4.90 Å². The fraction of sp³-hybridized carbons (Fsp3) is 0.600. The van der Waals surface area contributed by atoms with Crippen molar-refractivity contribution in [1.82, 2.24) is 4.90 Å². The molecule has 0 saturated carbocycles. The Labute approximate surface area is 107 Å². The molecule has 1 radical (unpaired) electrons. The summed E-state index contributed by atoms with van der Waals surface area (Å²) in [6.45, 7) is -2.02. The SMILES string of the molecule is C=C(CN(C)C)[B-](F)(F)F.[K]. The van der Waals surface area contributed by atoms with Crippen molar-refractivity contribution in [2.24, 2.45) is 0 Å². The number of hydrogen-bond donors (Lipinski definition) is 0. The summed E-state index contributed by atoms with van der Waals surface area (Å²) in [7, 11) is 3.15. The number of likely N-dealkylation sites (N-methyl/N-ethyl adjacent to an activating group) is 1. The van der Waals surface area contributed by atoms with Crippen LogP contribution in [-0.4, -0.2) is 83.9 Å². The molecule has 0 aromatic carbocycles. The molecule has 0 aliphatic heterocycles. The molecule has 0 aromatic rings. The minimum Gasteiger partial charge on any atom is -0.445 e. The minimum atomic E-state index is -4.84. The second kappa shape index (κ2) is 5.77. The summed E-state index contributed by atoms with van der Waals surface area (Å²) in [5.74, 6) is 0. The number of hydrogen-bond acceptors (Lipinski definition) is 1. The first kappa shape index (κ1) is 14.7. The van der Waals surface area contributed by atoms with E-state index in [-0.39, 0.29) is 57.9 Å². The molecule has 0 N–H and O–H groups in total. The predicted molar refractivity (Wildman–Crippen MR) is 42.5 cm³/mol. The van der Waals surface area contributed by atoms with E-state index in [0.29, 0.717) is 0 Å². The van der Waals surface area contributed by atoms with Crippen LogP contribution in [0.4, 0.5) is 12.9 Å². The van der Waals surface area contributed by atoms with Gasteiger partial charge in [0.1, 0.15) is 0 Å². The molecule has 0 fully saturated rings. The molecule has 61 valence electrons. The topological polar surface area (TPSA) is 3.24 Å². The predicted octanol–water partition coefficient (Wildman–Crippen LogP) is 1.11. The Morgan fingerprint density at radius 1 is 1.36 bits per heavy atom. The van der Waals surface area contributed by atoms with Crippen LogP contribution in [0, 0.1) is 0 Å². The number of rotatable bonds is 3. The molecule has 11 heavy (non-hydrogen) atoms. The van der Waals surface area contributed by atoms with Crippen LogP contribution < -0.4 is 0 Å². The van der Waals surface area contributed by atoms with Crippen molar-refractivity contribution in [3.63, 3.8) is 0 Å². The van der Waals surface area contributed by atoms with Crippen molar-refractivity contribution in [3.8, 4) is 0 Å². The second-order valence-corrected chi connectivity index (χ2v) is 2.47. The third kappa shape index (κ3) is 7.55. The molecule has 0 aliphatic carbocycles. The zero-order valence-corrected chi connectivity index (χ0v) is 10.2.